The summed E-state index contributed by atoms with van der Waals surface area (Å²) in [6, 6.07) is 12.6. The van der Waals surface area contributed by atoms with Gasteiger partial charge in [0.05, 0.1) is 17.7 Å². The minimum Gasteiger partial charge on any atom is -0.384 e. The maximum absolute atomic E-state index is 13.1. The number of nitrogen functional groups attached to an aromatic ring is 1. The molecule has 1 aliphatic carbocycles. The number of nitrogens with zero attached hydrogens (tertiary/aromatic N) is 3. The van der Waals surface area contributed by atoms with Gasteiger partial charge in [-0.3, -0.25) is 4.79 Å². The molecule has 1 fully saturated rings. The SMILES string of the molecule is CS(=O)(=O)c1ncccc1N(Cc1ccc2ccc(N)nc2c1)C(=O)CC1CC1. The highest BCUT2D eigenvalue weighted by Gasteiger charge is 2.30. The van der Waals surface area contributed by atoms with Crippen molar-refractivity contribution in [1.82, 2.24) is 9.97 Å². The summed E-state index contributed by atoms with van der Waals surface area (Å²) in [4.78, 5) is 23.0. The summed E-state index contributed by atoms with van der Waals surface area (Å²) >= 11 is 0. The number of pyridine rings is 2. The fourth-order valence-electron chi connectivity index (χ4n) is 3.32. The summed E-state index contributed by atoms with van der Waals surface area (Å²) < 4.78 is 24.5. The van der Waals surface area contributed by atoms with Crippen LogP contribution in [0.2, 0.25) is 0 Å². The molecule has 0 unspecified atom stereocenters. The third kappa shape index (κ3) is 4.37. The van der Waals surface area contributed by atoms with Gasteiger partial charge in [0.2, 0.25) is 5.91 Å². The van der Waals surface area contributed by atoms with E-state index in [0.29, 0.717) is 23.8 Å². The lowest BCUT2D eigenvalue weighted by atomic mass is 10.1. The number of nitrogens with two attached hydrogens (primary N) is 1. The molecule has 0 atom stereocenters. The van der Waals surface area contributed by atoms with E-state index in [9.17, 15) is 13.2 Å². The molecule has 2 heterocycles. The van der Waals surface area contributed by atoms with Crippen LogP contribution in [-0.4, -0.2) is 30.5 Å². The molecule has 0 aliphatic heterocycles. The lowest BCUT2D eigenvalue weighted by molar-refractivity contribution is -0.119. The first kappa shape index (κ1) is 19.3. The van der Waals surface area contributed by atoms with Gasteiger partial charge < -0.3 is 10.6 Å². The van der Waals surface area contributed by atoms with Crippen molar-refractivity contribution in [2.45, 2.75) is 30.8 Å². The largest absolute Gasteiger partial charge is 0.384 e. The van der Waals surface area contributed by atoms with E-state index in [0.717, 1.165) is 35.6 Å². The number of anilines is 2. The Hall–Kier alpha value is -3.00. The number of amides is 1. The van der Waals surface area contributed by atoms with Gasteiger partial charge in [-0.2, -0.15) is 0 Å². The lowest BCUT2D eigenvalue weighted by Gasteiger charge is -2.24. The summed E-state index contributed by atoms with van der Waals surface area (Å²) in [7, 11) is -3.59. The number of sulfone groups is 1. The molecule has 8 heteroatoms. The van der Waals surface area contributed by atoms with E-state index in [4.69, 9.17) is 5.73 Å². The average molecular weight is 410 g/mol. The van der Waals surface area contributed by atoms with Crippen LogP contribution in [0.5, 0.6) is 0 Å². The third-order valence-corrected chi connectivity index (χ3v) is 5.99. The zero-order chi connectivity index (χ0) is 20.6. The molecule has 0 radical (unpaired) electrons. The number of carbonyl (C=O) groups is 1. The first-order chi connectivity index (χ1) is 13.8. The quantitative estimate of drug-likeness (QED) is 0.670. The first-order valence-corrected chi connectivity index (χ1v) is 11.3. The number of aromatic nitrogens is 2. The molecule has 0 bridgehead atoms. The van der Waals surface area contributed by atoms with Gasteiger partial charge in [0.15, 0.2) is 14.9 Å². The number of fused-ring (bicyclic) bond motifs is 1. The fraction of sp³-hybridized carbons (Fsp3) is 0.286. The molecule has 1 saturated carbocycles. The predicted octanol–water partition coefficient (Wildman–Crippen LogP) is 2.95. The standard InChI is InChI=1S/C21H22N4O3S/c1-29(27,28)21-18(3-2-10-23-21)25(20(26)12-14-4-5-14)13-15-6-7-16-8-9-19(22)24-17(16)11-15/h2-3,6-11,14H,4-5,12-13H2,1H3,(H2,22,24). The summed E-state index contributed by atoms with van der Waals surface area (Å²) in [5, 5.41) is 0.851. The average Bonchev–Trinajstić information content (AvgIpc) is 3.49. The molecule has 7 nitrogen and oxygen atoms in total. The molecular formula is C21H22N4O3S. The first-order valence-electron chi connectivity index (χ1n) is 9.42. The van der Waals surface area contributed by atoms with Crippen LogP contribution < -0.4 is 10.6 Å². The monoisotopic (exact) mass is 410 g/mol. The van der Waals surface area contributed by atoms with E-state index in [1.807, 2.05) is 24.3 Å². The predicted molar refractivity (Wildman–Crippen MR) is 112 cm³/mol. The van der Waals surface area contributed by atoms with Crippen molar-refractivity contribution in [1.29, 1.82) is 0 Å². The Balaban J connectivity index is 1.75. The van der Waals surface area contributed by atoms with E-state index in [-0.39, 0.29) is 17.5 Å². The Morgan fingerprint density at radius 2 is 1.97 bits per heavy atom. The minimum absolute atomic E-state index is 0.0905. The summed E-state index contributed by atoms with van der Waals surface area (Å²) in [5.41, 5.74) is 7.66. The van der Waals surface area contributed by atoms with Crippen molar-refractivity contribution < 1.29 is 13.2 Å². The van der Waals surface area contributed by atoms with Gasteiger partial charge in [-0.1, -0.05) is 12.1 Å². The van der Waals surface area contributed by atoms with Crippen LogP contribution in [0.15, 0.2) is 53.7 Å². The molecule has 2 aromatic heterocycles. The maximum atomic E-state index is 13.1. The van der Waals surface area contributed by atoms with Crippen LogP contribution >= 0.6 is 0 Å². The highest BCUT2D eigenvalue weighted by atomic mass is 32.2. The molecule has 0 saturated heterocycles. The molecule has 4 rings (SSSR count). The van der Waals surface area contributed by atoms with Crippen molar-refractivity contribution >= 4 is 38.2 Å². The van der Waals surface area contributed by atoms with Crippen LogP contribution in [0.25, 0.3) is 10.9 Å². The highest BCUT2D eigenvalue weighted by Crippen LogP contribution is 2.35. The van der Waals surface area contributed by atoms with Crippen molar-refractivity contribution in [2.24, 2.45) is 5.92 Å². The summed E-state index contributed by atoms with van der Waals surface area (Å²) in [6.45, 7) is 0.228. The van der Waals surface area contributed by atoms with Crippen LogP contribution in [0.1, 0.15) is 24.8 Å². The Kier molecular flexibility index (Phi) is 4.96. The summed E-state index contributed by atoms with van der Waals surface area (Å²) in [5.74, 6) is 0.690. The molecular weight excluding hydrogens is 388 g/mol. The number of rotatable bonds is 6. The second kappa shape index (κ2) is 7.44. The molecule has 1 amide bonds. The van der Waals surface area contributed by atoms with Crippen LogP contribution in [0.3, 0.4) is 0 Å². The summed E-state index contributed by atoms with van der Waals surface area (Å²) in [6.07, 6.45) is 4.99. The number of hydrogen-bond donors (Lipinski definition) is 1. The number of benzene rings is 1. The van der Waals surface area contributed by atoms with E-state index in [1.54, 1.807) is 18.2 Å². The van der Waals surface area contributed by atoms with Gasteiger partial charge in [-0.05, 0) is 54.7 Å². The molecule has 1 aliphatic rings. The lowest BCUT2D eigenvalue weighted by Crippen LogP contribution is -2.32. The van der Waals surface area contributed by atoms with Gasteiger partial charge in [-0.15, -0.1) is 0 Å². The van der Waals surface area contributed by atoms with Crippen molar-refractivity contribution in [3.05, 3.63) is 54.2 Å². The van der Waals surface area contributed by atoms with Gasteiger partial charge in [0.1, 0.15) is 5.82 Å². The van der Waals surface area contributed by atoms with E-state index >= 15 is 0 Å². The van der Waals surface area contributed by atoms with Gasteiger partial charge >= 0.3 is 0 Å². The molecule has 150 valence electrons. The second-order valence-electron chi connectivity index (χ2n) is 7.49. The van der Waals surface area contributed by atoms with Crippen molar-refractivity contribution in [3.63, 3.8) is 0 Å². The maximum Gasteiger partial charge on any atom is 0.227 e. The Morgan fingerprint density at radius 3 is 2.69 bits per heavy atom. The number of carbonyl (C=O) groups excluding carboxylic acids is 1. The fourth-order valence-corrected chi connectivity index (χ4v) is 4.13. The van der Waals surface area contributed by atoms with Crippen molar-refractivity contribution in [2.75, 3.05) is 16.9 Å². The Bertz CT molecular complexity index is 1190. The van der Waals surface area contributed by atoms with Gasteiger partial charge in [-0.25, -0.2) is 18.4 Å². The molecule has 3 aromatic rings. The Morgan fingerprint density at radius 1 is 1.21 bits per heavy atom. The number of hydrogen-bond acceptors (Lipinski definition) is 6. The van der Waals surface area contributed by atoms with Gasteiger partial charge in [0, 0.05) is 24.3 Å². The highest BCUT2D eigenvalue weighted by molar-refractivity contribution is 7.90. The zero-order valence-electron chi connectivity index (χ0n) is 16.1. The van der Waals surface area contributed by atoms with Crippen LogP contribution in [0.4, 0.5) is 11.5 Å². The molecule has 0 spiro atoms. The minimum atomic E-state index is -3.59. The topological polar surface area (TPSA) is 106 Å². The van der Waals surface area contributed by atoms with E-state index in [2.05, 4.69) is 9.97 Å². The molecule has 2 N–H and O–H groups in total. The van der Waals surface area contributed by atoms with Gasteiger partial charge in [0.25, 0.3) is 0 Å². The second-order valence-corrected chi connectivity index (χ2v) is 9.42. The van der Waals surface area contributed by atoms with Crippen LogP contribution in [0, 0.1) is 5.92 Å². The Labute approximate surface area is 169 Å². The van der Waals surface area contributed by atoms with Crippen molar-refractivity contribution in [3.8, 4) is 0 Å². The smallest absolute Gasteiger partial charge is 0.227 e. The molecule has 1 aromatic carbocycles. The van der Waals surface area contributed by atoms with E-state index < -0.39 is 9.84 Å². The zero-order valence-corrected chi connectivity index (χ0v) is 16.9. The van der Waals surface area contributed by atoms with E-state index in [1.165, 1.54) is 11.1 Å². The third-order valence-electron chi connectivity index (χ3n) is 4.97. The van der Waals surface area contributed by atoms with Crippen LogP contribution in [-0.2, 0) is 21.2 Å². The normalized spacial score (nSPS) is 14.1. The molecule has 29 heavy (non-hydrogen) atoms.